The van der Waals surface area contributed by atoms with Gasteiger partial charge in [-0.15, -0.1) is 0 Å². The van der Waals surface area contributed by atoms with Crippen molar-refractivity contribution in [2.75, 3.05) is 24.7 Å². The van der Waals surface area contributed by atoms with Crippen LogP contribution in [0.5, 0.6) is 0 Å². The smallest absolute Gasteiger partial charge is 0.255 e. The Hall–Kier alpha value is -0.520. The van der Waals surface area contributed by atoms with E-state index >= 15 is 0 Å². The van der Waals surface area contributed by atoms with Gasteiger partial charge in [0.15, 0.2) is 0 Å². The molecule has 0 radical (unpaired) electrons. The monoisotopic (exact) mass is 311 g/mol. The molecule has 0 spiro atoms. The van der Waals surface area contributed by atoms with E-state index < -0.39 is 0 Å². The van der Waals surface area contributed by atoms with Crippen molar-refractivity contribution in [3.8, 4) is 0 Å². The molecule has 1 aromatic heterocycles. The molecule has 0 aromatic carbocycles. The molecule has 2 aliphatic heterocycles. The van der Waals surface area contributed by atoms with E-state index in [-0.39, 0.29) is 12.0 Å². The number of nitrogens with zero attached hydrogens (tertiary/aromatic N) is 1. The second-order valence-electron chi connectivity index (χ2n) is 5.58. The molecule has 0 unspecified atom stereocenters. The summed E-state index contributed by atoms with van der Waals surface area (Å²) in [5.41, 5.74) is 1.98. The summed E-state index contributed by atoms with van der Waals surface area (Å²) in [6.07, 6.45) is 3.57. The van der Waals surface area contributed by atoms with Crippen molar-refractivity contribution in [3.05, 3.63) is 21.9 Å². The Kier molecular flexibility index (Phi) is 4.68. The Morgan fingerprint density at radius 3 is 2.95 bits per heavy atom. The van der Waals surface area contributed by atoms with Gasteiger partial charge in [0.05, 0.1) is 11.7 Å². The average Bonchev–Trinajstić information content (AvgIpc) is 3.17. The summed E-state index contributed by atoms with van der Waals surface area (Å²) in [4.78, 5) is 15.0. The van der Waals surface area contributed by atoms with Gasteiger partial charge in [0.2, 0.25) is 0 Å². The number of aryl methyl sites for hydroxylation is 1. The Morgan fingerprint density at radius 2 is 2.35 bits per heavy atom. The van der Waals surface area contributed by atoms with E-state index in [1.807, 2.05) is 24.1 Å². The minimum absolute atomic E-state index is 0.201. The van der Waals surface area contributed by atoms with Gasteiger partial charge in [0.25, 0.3) is 5.91 Å². The third-order valence-corrected chi connectivity index (χ3v) is 6.12. The number of thiophene rings is 1. The molecular formula is C15H21NO2S2. The van der Waals surface area contributed by atoms with Crippen LogP contribution in [0.25, 0.3) is 0 Å². The molecule has 20 heavy (non-hydrogen) atoms. The normalized spacial score (nSPS) is 26.1. The van der Waals surface area contributed by atoms with E-state index in [0.717, 1.165) is 49.3 Å². The highest BCUT2D eigenvalue weighted by Gasteiger charge is 2.31. The quantitative estimate of drug-likeness (QED) is 0.855. The van der Waals surface area contributed by atoms with Crippen LogP contribution in [-0.2, 0) is 4.74 Å². The van der Waals surface area contributed by atoms with Crippen LogP contribution in [0.1, 0.15) is 35.2 Å². The summed E-state index contributed by atoms with van der Waals surface area (Å²) in [6.45, 7) is 3.64. The molecule has 0 N–H and O–H groups in total. The molecule has 1 aromatic rings. The highest BCUT2D eigenvalue weighted by Crippen LogP contribution is 2.27. The molecule has 2 atom stereocenters. The molecule has 3 nitrogen and oxygen atoms in total. The van der Waals surface area contributed by atoms with Crippen LogP contribution in [0, 0.1) is 6.92 Å². The van der Waals surface area contributed by atoms with Crippen LogP contribution in [0.4, 0.5) is 0 Å². The molecule has 0 aliphatic carbocycles. The van der Waals surface area contributed by atoms with Crippen molar-refractivity contribution in [2.45, 2.75) is 38.3 Å². The van der Waals surface area contributed by atoms with Crippen LogP contribution in [-0.4, -0.2) is 47.6 Å². The second-order valence-corrected chi connectivity index (χ2v) is 7.47. The Balaban J connectivity index is 1.76. The van der Waals surface area contributed by atoms with Gasteiger partial charge < -0.3 is 9.64 Å². The molecule has 2 saturated heterocycles. The van der Waals surface area contributed by atoms with Gasteiger partial charge in [-0.05, 0) is 42.9 Å². The Morgan fingerprint density at radius 1 is 1.45 bits per heavy atom. The van der Waals surface area contributed by atoms with Crippen LogP contribution in [0.15, 0.2) is 10.8 Å². The first-order valence-corrected chi connectivity index (χ1v) is 9.38. The standard InChI is InChI=1S/C15H21NO2S2/c1-11-8-20-10-14(11)15(17)16(12-4-6-19-9-12)7-13-3-2-5-18-13/h8,10,12-13H,2-7,9H2,1H3/t12-,13-/m0/s1. The Bertz CT molecular complexity index is 462. The van der Waals surface area contributed by atoms with E-state index in [2.05, 4.69) is 10.3 Å². The van der Waals surface area contributed by atoms with Gasteiger partial charge in [0.1, 0.15) is 0 Å². The van der Waals surface area contributed by atoms with Crippen molar-refractivity contribution in [1.82, 2.24) is 4.90 Å². The van der Waals surface area contributed by atoms with Crippen LogP contribution >= 0.6 is 23.1 Å². The van der Waals surface area contributed by atoms with Gasteiger partial charge in [-0.3, -0.25) is 4.79 Å². The minimum atomic E-state index is 0.201. The fourth-order valence-electron chi connectivity index (χ4n) is 2.91. The maximum absolute atomic E-state index is 12.9. The molecule has 1 amide bonds. The molecule has 3 rings (SSSR count). The zero-order chi connectivity index (χ0) is 13.9. The molecule has 5 heteroatoms. The second kappa shape index (κ2) is 6.50. The zero-order valence-corrected chi connectivity index (χ0v) is 13.5. The van der Waals surface area contributed by atoms with Crippen LogP contribution in [0.2, 0.25) is 0 Å². The predicted octanol–water partition coefficient (Wildman–Crippen LogP) is 3.18. The number of thioether (sulfide) groups is 1. The molecular weight excluding hydrogens is 290 g/mol. The number of hydrogen-bond donors (Lipinski definition) is 0. The van der Waals surface area contributed by atoms with E-state index in [1.165, 1.54) is 5.75 Å². The highest BCUT2D eigenvalue weighted by molar-refractivity contribution is 7.99. The molecule has 2 fully saturated rings. The van der Waals surface area contributed by atoms with Gasteiger partial charge in [-0.25, -0.2) is 0 Å². The first-order chi connectivity index (χ1) is 9.75. The lowest BCUT2D eigenvalue weighted by atomic mass is 10.1. The molecule has 2 aliphatic rings. The summed E-state index contributed by atoms with van der Waals surface area (Å²) < 4.78 is 5.74. The summed E-state index contributed by atoms with van der Waals surface area (Å²) >= 11 is 3.57. The number of rotatable bonds is 4. The van der Waals surface area contributed by atoms with Crippen molar-refractivity contribution >= 4 is 29.0 Å². The molecule has 110 valence electrons. The van der Waals surface area contributed by atoms with E-state index in [0.29, 0.717) is 6.04 Å². The lowest BCUT2D eigenvalue weighted by Gasteiger charge is -2.30. The number of carbonyl (C=O) groups is 1. The molecule has 3 heterocycles. The highest BCUT2D eigenvalue weighted by atomic mass is 32.2. The topological polar surface area (TPSA) is 29.5 Å². The van der Waals surface area contributed by atoms with Gasteiger partial charge in [-0.1, -0.05) is 0 Å². The lowest BCUT2D eigenvalue weighted by molar-refractivity contribution is 0.0441. The first kappa shape index (κ1) is 14.4. The summed E-state index contributed by atoms with van der Waals surface area (Å²) in [5.74, 6) is 2.44. The zero-order valence-electron chi connectivity index (χ0n) is 11.8. The third-order valence-electron chi connectivity index (χ3n) is 4.12. The largest absolute Gasteiger partial charge is 0.376 e. The number of carbonyl (C=O) groups excluding carboxylic acids is 1. The Labute approximate surface area is 128 Å². The van der Waals surface area contributed by atoms with Gasteiger partial charge in [-0.2, -0.15) is 23.1 Å². The van der Waals surface area contributed by atoms with Crippen LogP contribution in [0.3, 0.4) is 0 Å². The van der Waals surface area contributed by atoms with Crippen molar-refractivity contribution in [3.63, 3.8) is 0 Å². The van der Waals surface area contributed by atoms with Gasteiger partial charge in [0, 0.05) is 30.3 Å². The number of amides is 1. The van der Waals surface area contributed by atoms with Crippen molar-refractivity contribution < 1.29 is 9.53 Å². The summed E-state index contributed by atoms with van der Waals surface area (Å²) in [5, 5.41) is 4.04. The number of hydrogen-bond acceptors (Lipinski definition) is 4. The van der Waals surface area contributed by atoms with Crippen LogP contribution < -0.4 is 0 Å². The number of ether oxygens (including phenoxy) is 1. The summed E-state index contributed by atoms with van der Waals surface area (Å²) in [6, 6.07) is 0.385. The minimum Gasteiger partial charge on any atom is -0.376 e. The third kappa shape index (κ3) is 3.05. The van der Waals surface area contributed by atoms with Crippen molar-refractivity contribution in [2.24, 2.45) is 0 Å². The van der Waals surface area contributed by atoms with Gasteiger partial charge >= 0.3 is 0 Å². The first-order valence-electron chi connectivity index (χ1n) is 7.29. The maximum Gasteiger partial charge on any atom is 0.255 e. The average molecular weight is 311 g/mol. The van der Waals surface area contributed by atoms with E-state index in [9.17, 15) is 4.79 Å². The maximum atomic E-state index is 12.9. The van der Waals surface area contributed by atoms with E-state index in [1.54, 1.807) is 11.3 Å². The molecule has 0 bridgehead atoms. The SMILES string of the molecule is Cc1cscc1C(=O)N(C[C@@H]1CCCO1)[C@H]1CCSC1. The lowest BCUT2D eigenvalue weighted by Crippen LogP contribution is -2.44. The van der Waals surface area contributed by atoms with E-state index in [4.69, 9.17) is 4.74 Å². The fraction of sp³-hybridized carbons (Fsp3) is 0.667. The predicted molar refractivity (Wildman–Crippen MR) is 84.8 cm³/mol. The van der Waals surface area contributed by atoms with Crippen molar-refractivity contribution in [1.29, 1.82) is 0 Å². The fourth-order valence-corrected chi connectivity index (χ4v) is 4.95. The summed E-state index contributed by atoms with van der Waals surface area (Å²) in [7, 11) is 0. The molecule has 0 saturated carbocycles.